The summed E-state index contributed by atoms with van der Waals surface area (Å²) in [6.45, 7) is 24.7. The second-order valence-electron chi connectivity index (χ2n) is 16.0. The second-order valence-corrected chi connectivity index (χ2v) is 25.0. The first-order valence-electron chi connectivity index (χ1n) is 17.5. The van der Waals surface area contributed by atoms with E-state index < -0.39 is 28.5 Å². The maximum atomic E-state index is 11.0. The quantitative estimate of drug-likeness (QED) is 0.124. The molecule has 260 valence electrons. The summed E-state index contributed by atoms with van der Waals surface area (Å²) in [6.07, 6.45) is 7.05. The molecule has 3 rings (SSSR count). The third-order valence-corrected chi connectivity index (χ3v) is 19.1. The zero-order chi connectivity index (χ0) is 34.9. The smallest absolute Gasteiger partial charge is 0.261 e. The molecule has 1 heterocycles. The Hall–Kier alpha value is -2.03. The van der Waals surface area contributed by atoms with Gasteiger partial charge >= 0.3 is 0 Å². The zero-order valence-corrected chi connectivity index (χ0v) is 33.1. The van der Waals surface area contributed by atoms with Crippen LogP contribution in [-0.4, -0.2) is 58.6 Å². The third kappa shape index (κ3) is 10.7. The lowest BCUT2D eigenvalue weighted by Crippen LogP contribution is -2.67. The average Bonchev–Trinajstić information content (AvgIpc) is 3.27. The molecule has 0 aromatic heterocycles. The molecule has 2 aromatic rings. The Kier molecular flexibility index (Phi) is 13.9. The van der Waals surface area contributed by atoms with E-state index in [-0.39, 0.29) is 28.4 Å². The molecule has 1 aliphatic heterocycles. The van der Waals surface area contributed by atoms with E-state index in [9.17, 15) is 5.11 Å². The van der Waals surface area contributed by atoms with E-state index in [0.29, 0.717) is 19.4 Å². The topological polar surface area (TPSA) is 57.2 Å². The van der Waals surface area contributed by atoms with Crippen LogP contribution in [-0.2, 0) is 18.3 Å². The summed E-state index contributed by atoms with van der Waals surface area (Å²) < 4.78 is 26.6. The van der Waals surface area contributed by atoms with Crippen molar-refractivity contribution in [2.24, 2.45) is 0 Å². The standard InChI is InChI=1S/C40H62O5Si2/c1-12-13-24-33(45-46(10,11)38(2,3)4)25-18-14-17-23-32(41)30-36-37(44-40(8,9)43-36)31-42-47(39(5,6)7,34-26-19-15-20-27-34)35-28-21-16-22-29-35/h15-16,18-22,25-29,32-33,36-37,41H,12-14,24,30-31H2,1-11H3/b25-18+/t32-,33+,36-,37+/m0/s1. The van der Waals surface area contributed by atoms with Gasteiger partial charge in [0.2, 0.25) is 0 Å². The number of allylic oxidation sites excluding steroid dienone is 1. The van der Waals surface area contributed by atoms with Gasteiger partial charge in [-0.15, -0.1) is 0 Å². The van der Waals surface area contributed by atoms with Crippen molar-refractivity contribution in [2.75, 3.05) is 6.61 Å². The van der Waals surface area contributed by atoms with E-state index in [4.69, 9.17) is 18.3 Å². The fraction of sp³-hybridized carbons (Fsp3) is 0.600. The SMILES string of the molecule is CCCC[C@H](/C=C/CC#C[C@H](O)C[C@@H]1OC(C)(C)O[C@@H]1CO[Si](c1ccccc1)(c1ccccc1)C(C)(C)C)O[Si](C)(C)C(C)(C)C. The first-order chi connectivity index (χ1) is 21.9. The van der Waals surface area contributed by atoms with Crippen LogP contribution < -0.4 is 10.4 Å². The molecule has 47 heavy (non-hydrogen) atoms. The lowest BCUT2D eigenvalue weighted by Gasteiger charge is -2.43. The van der Waals surface area contributed by atoms with Crippen molar-refractivity contribution in [3.8, 4) is 11.8 Å². The highest BCUT2D eigenvalue weighted by atomic mass is 28.4. The largest absolute Gasteiger partial charge is 0.411 e. The molecule has 1 aliphatic rings. The van der Waals surface area contributed by atoms with Crippen molar-refractivity contribution < 1.29 is 23.4 Å². The summed E-state index contributed by atoms with van der Waals surface area (Å²) in [5, 5.41) is 13.5. The first kappa shape index (κ1) is 39.4. The number of aliphatic hydroxyl groups is 1. The number of unbranched alkanes of at least 4 members (excludes halogenated alkanes) is 1. The van der Waals surface area contributed by atoms with E-state index in [1.165, 1.54) is 10.4 Å². The Bertz CT molecular complexity index is 1280. The van der Waals surface area contributed by atoms with Crippen LogP contribution in [0.3, 0.4) is 0 Å². The Morgan fingerprint density at radius 1 is 0.894 bits per heavy atom. The van der Waals surface area contributed by atoms with Crippen molar-refractivity contribution in [3.63, 3.8) is 0 Å². The Morgan fingerprint density at radius 2 is 1.45 bits per heavy atom. The van der Waals surface area contributed by atoms with Crippen LogP contribution >= 0.6 is 0 Å². The summed E-state index contributed by atoms with van der Waals surface area (Å²) in [4.78, 5) is 0. The van der Waals surface area contributed by atoms with E-state index in [2.05, 4.69) is 146 Å². The molecule has 2 aromatic carbocycles. The molecule has 0 unspecified atom stereocenters. The van der Waals surface area contributed by atoms with Gasteiger partial charge in [0, 0.05) is 12.8 Å². The van der Waals surface area contributed by atoms with Crippen molar-refractivity contribution in [1.82, 2.24) is 0 Å². The lowest BCUT2D eigenvalue weighted by molar-refractivity contribution is -0.149. The van der Waals surface area contributed by atoms with E-state index in [1.54, 1.807) is 0 Å². The van der Waals surface area contributed by atoms with Crippen LogP contribution in [0.25, 0.3) is 0 Å². The van der Waals surface area contributed by atoms with Crippen LogP contribution in [0.1, 0.15) is 94.4 Å². The normalized spacial score (nSPS) is 20.2. The minimum atomic E-state index is -2.75. The maximum absolute atomic E-state index is 11.0. The molecule has 0 aliphatic carbocycles. The number of ether oxygens (including phenoxy) is 2. The van der Waals surface area contributed by atoms with Crippen LogP contribution in [0, 0.1) is 11.8 Å². The van der Waals surface area contributed by atoms with Crippen molar-refractivity contribution in [2.45, 2.75) is 148 Å². The van der Waals surface area contributed by atoms with E-state index in [0.717, 1.165) is 19.3 Å². The highest BCUT2D eigenvalue weighted by molar-refractivity contribution is 6.99. The molecule has 1 fully saturated rings. The van der Waals surface area contributed by atoms with E-state index >= 15 is 0 Å². The Balaban J connectivity index is 1.72. The highest BCUT2D eigenvalue weighted by Crippen LogP contribution is 2.39. The molecular formula is C40H62O5Si2. The average molecular weight is 679 g/mol. The highest BCUT2D eigenvalue weighted by Gasteiger charge is 2.52. The molecule has 0 amide bonds. The molecular weight excluding hydrogens is 617 g/mol. The summed E-state index contributed by atoms with van der Waals surface area (Å²) in [5.74, 6) is 5.44. The number of rotatable bonds is 14. The number of aliphatic hydroxyl groups excluding tert-OH is 1. The van der Waals surface area contributed by atoms with Crippen LogP contribution in [0.15, 0.2) is 72.8 Å². The molecule has 4 atom stereocenters. The molecule has 0 spiro atoms. The molecule has 5 nitrogen and oxygen atoms in total. The summed E-state index contributed by atoms with van der Waals surface area (Å²) in [6, 6.07) is 21.2. The van der Waals surface area contributed by atoms with Crippen molar-refractivity contribution in [3.05, 3.63) is 72.8 Å². The van der Waals surface area contributed by atoms with Gasteiger partial charge in [-0.1, -0.05) is 146 Å². The van der Waals surface area contributed by atoms with Crippen molar-refractivity contribution in [1.29, 1.82) is 0 Å². The van der Waals surface area contributed by atoms with Gasteiger partial charge in [0.05, 0.1) is 18.8 Å². The fourth-order valence-electron chi connectivity index (χ4n) is 6.11. The van der Waals surface area contributed by atoms with Crippen LogP contribution in [0.2, 0.25) is 23.2 Å². The van der Waals surface area contributed by atoms with Gasteiger partial charge in [0.25, 0.3) is 8.32 Å². The molecule has 0 saturated carbocycles. The molecule has 7 heteroatoms. The van der Waals surface area contributed by atoms with Crippen LogP contribution in [0.4, 0.5) is 0 Å². The summed E-state index contributed by atoms with van der Waals surface area (Å²) in [7, 11) is -4.62. The predicted octanol–water partition coefficient (Wildman–Crippen LogP) is 8.36. The van der Waals surface area contributed by atoms with Gasteiger partial charge in [0.1, 0.15) is 12.2 Å². The number of benzene rings is 2. The summed E-state index contributed by atoms with van der Waals surface area (Å²) in [5.41, 5.74) is 0. The van der Waals surface area contributed by atoms with Gasteiger partial charge in [0.15, 0.2) is 14.1 Å². The third-order valence-electron chi connectivity index (χ3n) is 9.56. The monoisotopic (exact) mass is 678 g/mol. The molecule has 1 saturated heterocycles. The van der Waals surface area contributed by atoms with Gasteiger partial charge in [-0.25, -0.2) is 0 Å². The molecule has 1 N–H and O–H groups in total. The Morgan fingerprint density at radius 3 is 1.96 bits per heavy atom. The Labute approximate surface area is 288 Å². The fourth-order valence-corrected chi connectivity index (χ4v) is 12.0. The minimum absolute atomic E-state index is 0.102. The molecule has 0 bridgehead atoms. The van der Waals surface area contributed by atoms with Crippen LogP contribution in [0.5, 0.6) is 0 Å². The molecule has 0 radical (unpaired) electrons. The van der Waals surface area contributed by atoms with Crippen molar-refractivity contribution >= 4 is 27.0 Å². The lowest BCUT2D eigenvalue weighted by atomic mass is 10.1. The minimum Gasteiger partial charge on any atom is -0.411 e. The summed E-state index contributed by atoms with van der Waals surface area (Å²) >= 11 is 0. The van der Waals surface area contributed by atoms with Gasteiger partial charge < -0.3 is 23.4 Å². The van der Waals surface area contributed by atoms with E-state index in [1.807, 2.05) is 13.8 Å². The van der Waals surface area contributed by atoms with Gasteiger partial charge in [-0.2, -0.15) is 0 Å². The van der Waals surface area contributed by atoms with Gasteiger partial charge in [-0.3, -0.25) is 0 Å². The first-order valence-corrected chi connectivity index (χ1v) is 22.3. The zero-order valence-electron chi connectivity index (χ0n) is 31.1. The van der Waals surface area contributed by atoms with Gasteiger partial charge in [-0.05, 0) is 53.8 Å². The second kappa shape index (κ2) is 16.6. The predicted molar refractivity (Wildman–Crippen MR) is 201 cm³/mol. The maximum Gasteiger partial charge on any atom is 0.261 e. The number of hydrogen-bond acceptors (Lipinski definition) is 5. The number of hydrogen-bond donors (Lipinski definition) is 1.